The molecule has 1 heterocycles. The van der Waals surface area contributed by atoms with Crippen molar-refractivity contribution in [3.05, 3.63) is 42.2 Å². The number of hydrogen-bond donors (Lipinski definition) is 1. The highest BCUT2D eigenvalue weighted by Gasteiger charge is 2.17. The van der Waals surface area contributed by atoms with Gasteiger partial charge in [0.1, 0.15) is 5.75 Å². The van der Waals surface area contributed by atoms with Gasteiger partial charge in [-0.05, 0) is 29.5 Å². The molecule has 19 heavy (non-hydrogen) atoms. The van der Waals surface area contributed by atoms with Gasteiger partial charge in [-0.25, -0.2) is 9.97 Å². The first-order chi connectivity index (χ1) is 9.01. The van der Waals surface area contributed by atoms with Crippen LogP contribution < -0.4 is 10.5 Å². The molecule has 0 saturated carbocycles. The summed E-state index contributed by atoms with van der Waals surface area (Å²) in [6.45, 7) is 6.64. The molecule has 0 spiro atoms. The van der Waals surface area contributed by atoms with E-state index in [9.17, 15) is 0 Å². The molecule has 0 amide bonds. The van der Waals surface area contributed by atoms with E-state index in [1.165, 1.54) is 18.0 Å². The van der Waals surface area contributed by atoms with E-state index in [0.29, 0.717) is 11.7 Å². The summed E-state index contributed by atoms with van der Waals surface area (Å²) in [6, 6.07) is 8.34. The Kier molecular flexibility index (Phi) is 3.69. The first-order valence-corrected chi connectivity index (χ1v) is 6.37. The third-order valence-electron chi connectivity index (χ3n) is 3.38. The standard InChI is InChI=1S/C15H19N3O/c1-4-15(2,3)11-5-7-13(8-6-11)19-14-17-9-12(16)10-18-14/h5-10H,4,16H2,1-3H3. The van der Waals surface area contributed by atoms with E-state index in [-0.39, 0.29) is 5.41 Å². The van der Waals surface area contributed by atoms with E-state index in [4.69, 9.17) is 10.5 Å². The topological polar surface area (TPSA) is 61.0 Å². The highest BCUT2D eigenvalue weighted by atomic mass is 16.5. The van der Waals surface area contributed by atoms with Gasteiger partial charge >= 0.3 is 6.01 Å². The van der Waals surface area contributed by atoms with Crippen LogP contribution in [0.25, 0.3) is 0 Å². The molecule has 2 N–H and O–H groups in total. The third-order valence-corrected chi connectivity index (χ3v) is 3.38. The Labute approximate surface area is 113 Å². The largest absolute Gasteiger partial charge is 0.424 e. The first-order valence-electron chi connectivity index (χ1n) is 6.37. The number of benzene rings is 1. The molecule has 2 rings (SSSR count). The van der Waals surface area contributed by atoms with E-state index in [0.717, 1.165) is 12.2 Å². The summed E-state index contributed by atoms with van der Waals surface area (Å²) < 4.78 is 5.56. The van der Waals surface area contributed by atoms with Crippen molar-refractivity contribution in [2.45, 2.75) is 32.6 Å². The SMILES string of the molecule is CCC(C)(C)c1ccc(Oc2ncc(N)cn2)cc1. The number of nitrogen functional groups attached to an aromatic ring is 1. The first kappa shape index (κ1) is 13.3. The van der Waals surface area contributed by atoms with Crippen molar-refractivity contribution in [2.75, 3.05) is 5.73 Å². The third kappa shape index (κ3) is 3.22. The smallest absolute Gasteiger partial charge is 0.322 e. The quantitative estimate of drug-likeness (QED) is 0.910. The van der Waals surface area contributed by atoms with Crippen LogP contribution in [-0.2, 0) is 5.41 Å². The fraction of sp³-hybridized carbons (Fsp3) is 0.333. The van der Waals surface area contributed by atoms with Gasteiger partial charge in [0.2, 0.25) is 0 Å². The van der Waals surface area contributed by atoms with Crippen LogP contribution >= 0.6 is 0 Å². The molecule has 2 aromatic rings. The molecule has 1 aromatic heterocycles. The van der Waals surface area contributed by atoms with Gasteiger partial charge in [0.15, 0.2) is 0 Å². The number of aromatic nitrogens is 2. The predicted molar refractivity (Wildman–Crippen MR) is 76.3 cm³/mol. The van der Waals surface area contributed by atoms with Crippen molar-refractivity contribution >= 4 is 5.69 Å². The van der Waals surface area contributed by atoms with E-state index in [2.05, 4.69) is 42.9 Å². The van der Waals surface area contributed by atoms with Gasteiger partial charge in [-0.3, -0.25) is 0 Å². The molecule has 0 aliphatic heterocycles. The minimum Gasteiger partial charge on any atom is -0.424 e. The molecule has 100 valence electrons. The summed E-state index contributed by atoms with van der Waals surface area (Å²) in [5, 5.41) is 0. The number of nitrogens with two attached hydrogens (primary N) is 1. The minimum atomic E-state index is 0.177. The molecular formula is C15H19N3O. The minimum absolute atomic E-state index is 0.177. The zero-order valence-corrected chi connectivity index (χ0v) is 11.6. The summed E-state index contributed by atoms with van der Waals surface area (Å²) >= 11 is 0. The molecule has 0 fully saturated rings. The maximum atomic E-state index is 5.56. The molecule has 4 nitrogen and oxygen atoms in total. The van der Waals surface area contributed by atoms with Crippen LogP contribution in [0.2, 0.25) is 0 Å². The number of anilines is 1. The number of ether oxygens (including phenoxy) is 1. The van der Waals surface area contributed by atoms with Gasteiger partial charge in [-0.2, -0.15) is 0 Å². The molecule has 0 aliphatic carbocycles. The molecule has 0 unspecified atom stereocenters. The zero-order chi connectivity index (χ0) is 13.9. The van der Waals surface area contributed by atoms with Crippen LogP contribution in [0.5, 0.6) is 11.8 Å². The van der Waals surface area contributed by atoms with Crippen molar-refractivity contribution in [1.82, 2.24) is 9.97 Å². The number of rotatable bonds is 4. The van der Waals surface area contributed by atoms with E-state index in [1.54, 1.807) is 0 Å². The average Bonchev–Trinajstić information content (AvgIpc) is 2.42. The lowest BCUT2D eigenvalue weighted by molar-refractivity contribution is 0.440. The highest BCUT2D eigenvalue weighted by Crippen LogP contribution is 2.28. The summed E-state index contributed by atoms with van der Waals surface area (Å²) in [7, 11) is 0. The second-order valence-corrected chi connectivity index (χ2v) is 5.16. The van der Waals surface area contributed by atoms with Crippen LogP contribution in [0, 0.1) is 0 Å². The van der Waals surface area contributed by atoms with Gasteiger partial charge in [-0.1, -0.05) is 32.9 Å². The Bertz CT molecular complexity index is 532. The number of hydrogen-bond acceptors (Lipinski definition) is 4. The van der Waals surface area contributed by atoms with Gasteiger partial charge in [0.25, 0.3) is 0 Å². The lowest BCUT2D eigenvalue weighted by Crippen LogP contribution is -2.14. The lowest BCUT2D eigenvalue weighted by Gasteiger charge is -2.23. The molecule has 0 bridgehead atoms. The summed E-state index contributed by atoms with van der Waals surface area (Å²) in [4.78, 5) is 8.01. The fourth-order valence-corrected chi connectivity index (χ4v) is 1.66. The number of nitrogens with zero attached hydrogens (tertiary/aromatic N) is 2. The molecule has 0 radical (unpaired) electrons. The second-order valence-electron chi connectivity index (χ2n) is 5.16. The van der Waals surface area contributed by atoms with Gasteiger partial charge in [0.05, 0.1) is 18.1 Å². The summed E-state index contributed by atoms with van der Waals surface area (Å²) in [5.41, 5.74) is 7.51. The van der Waals surface area contributed by atoms with Gasteiger partial charge in [0, 0.05) is 0 Å². The van der Waals surface area contributed by atoms with E-state index < -0.39 is 0 Å². The Balaban J connectivity index is 2.13. The van der Waals surface area contributed by atoms with Crippen molar-refractivity contribution in [3.63, 3.8) is 0 Å². The molecule has 0 atom stereocenters. The summed E-state index contributed by atoms with van der Waals surface area (Å²) in [6.07, 6.45) is 4.14. The molecule has 0 aliphatic rings. The normalized spacial score (nSPS) is 11.3. The molecule has 4 heteroatoms. The highest BCUT2D eigenvalue weighted by molar-refractivity contribution is 5.34. The van der Waals surface area contributed by atoms with Crippen molar-refractivity contribution in [3.8, 4) is 11.8 Å². The van der Waals surface area contributed by atoms with Crippen molar-refractivity contribution in [2.24, 2.45) is 0 Å². The van der Waals surface area contributed by atoms with Crippen LogP contribution in [0.1, 0.15) is 32.8 Å². The Morgan fingerprint density at radius 2 is 1.68 bits per heavy atom. The Hall–Kier alpha value is -2.10. The van der Waals surface area contributed by atoms with E-state index in [1.807, 2.05) is 12.1 Å². The second kappa shape index (κ2) is 5.26. The Morgan fingerprint density at radius 1 is 1.11 bits per heavy atom. The molecule has 1 aromatic carbocycles. The lowest BCUT2D eigenvalue weighted by atomic mass is 9.82. The van der Waals surface area contributed by atoms with Crippen LogP contribution in [0.3, 0.4) is 0 Å². The van der Waals surface area contributed by atoms with Crippen molar-refractivity contribution < 1.29 is 4.74 Å². The van der Waals surface area contributed by atoms with Crippen LogP contribution in [0.4, 0.5) is 5.69 Å². The maximum Gasteiger partial charge on any atom is 0.322 e. The fourth-order valence-electron chi connectivity index (χ4n) is 1.66. The molecule has 0 saturated heterocycles. The predicted octanol–water partition coefficient (Wildman–Crippen LogP) is 3.54. The maximum absolute atomic E-state index is 5.56. The van der Waals surface area contributed by atoms with Crippen molar-refractivity contribution in [1.29, 1.82) is 0 Å². The average molecular weight is 257 g/mol. The monoisotopic (exact) mass is 257 g/mol. The zero-order valence-electron chi connectivity index (χ0n) is 11.6. The van der Waals surface area contributed by atoms with E-state index >= 15 is 0 Å². The van der Waals surface area contributed by atoms with Crippen LogP contribution in [-0.4, -0.2) is 9.97 Å². The van der Waals surface area contributed by atoms with Gasteiger partial charge < -0.3 is 10.5 Å². The Morgan fingerprint density at radius 3 is 2.21 bits per heavy atom. The molecular weight excluding hydrogens is 238 g/mol. The van der Waals surface area contributed by atoms with Gasteiger partial charge in [-0.15, -0.1) is 0 Å². The van der Waals surface area contributed by atoms with Crippen LogP contribution in [0.15, 0.2) is 36.7 Å². The summed E-state index contributed by atoms with van der Waals surface area (Å²) in [5.74, 6) is 0.723.